The van der Waals surface area contributed by atoms with Gasteiger partial charge in [-0.2, -0.15) is 18.2 Å². The standard InChI is InChI=1S/C38H41ClF3N7O5/c1-4-27(37(51)52)44-19-30-36(54-3)49-34(33(46-30)38(40,41)42)47-28-15-13-23-22(7-5-8-24(23)28)25-9-6-10-26(32(25)39)29-14-11-20(35(48-29)53-2)17-43-18-21-12-16-31(50)45-21/h5-11,14,21,27-28,43-44H,4,12-13,15-19H2,1-3H3,(H,45,50)(H,47,49)(H,51,52)/t21-,27-,28-/m0/s1. The Hall–Kier alpha value is -4.99. The number of hydrogen-bond donors (Lipinski definition) is 5. The first-order valence-corrected chi connectivity index (χ1v) is 18.0. The second kappa shape index (κ2) is 16.6. The van der Waals surface area contributed by atoms with Crippen LogP contribution in [0.4, 0.5) is 19.0 Å². The molecule has 2 aromatic carbocycles. The molecule has 1 fully saturated rings. The molecule has 0 saturated carbocycles. The van der Waals surface area contributed by atoms with Crippen LogP contribution in [0.1, 0.15) is 66.7 Å². The number of hydrogen-bond acceptors (Lipinski definition) is 10. The van der Waals surface area contributed by atoms with Crippen molar-refractivity contribution in [1.82, 2.24) is 30.9 Å². The predicted molar refractivity (Wildman–Crippen MR) is 196 cm³/mol. The van der Waals surface area contributed by atoms with E-state index >= 15 is 0 Å². The molecule has 2 aliphatic rings. The third-order valence-corrected chi connectivity index (χ3v) is 10.1. The van der Waals surface area contributed by atoms with Crippen LogP contribution < -0.4 is 30.7 Å². The second-order valence-corrected chi connectivity index (χ2v) is 13.5. The summed E-state index contributed by atoms with van der Waals surface area (Å²) in [6, 6.07) is 13.7. The SMILES string of the molecule is CC[C@H](NCc1nc(C(F)(F)F)c(N[C@H]2CCc3c(-c4cccc(-c5ccc(CNC[C@@H]6CCC(=O)N6)c(OC)n5)c4Cl)cccc32)nc1OC)C(=O)O. The highest BCUT2D eigenvalue weighted by Gasteiger charge is 2.39. The van der Waals surface area contributed by atoms with Gasteiger partial charge in [0.2, 0.25) is 17.7 Å². The number of methoxy groups -OCH3 is 2. The molecule has 2 aromatic heterocycles. The Balaban J connectivity index is 1.25. The summed E-state index contributed by atoms with van der Waals surface area (Å²) in [5.41, 5.74) is 4.09. The minimum absolute atomic E-state index is 0.0644. The zero-order valence-electron chi connectivity index (χ0n) is 29.9. The molecule has 1 saturated heterocycles. The average Bonchev–Trinajstić information content (AvgIpc) is 3.77. The molecule has 286 valence electrons. The number of rotatable bonds is 15. The first kappa shape index (κ1) is 38.7. The lowest BCUT2D eigenvalue weighted by atomic mass is 9.94. The topological polar surface area (TPSA) is 160 Å². The molecule has 0 unspecified atom stereocenters. The van der Waals surface area contributed by atoms with E-state index in [1.54, 1.807) is 14.0 Å². The van der Waals surface area contributed by atoms with E-state index in [1.165, 1.54) is 7.11 Å². The molecule has 1 aliphatic heterocycles. The number of carboxylic acids is 1. The molecule has 1 amide bonds. The van der Waals surface area contributed by atoms with Gasteiger partial charge in [-0.1, -0.05) is 61.0 Å². The number of benzene rings is 2. The zero-order chi connectivity index (χ0) is 38.6. The van der Waals surface area contributed by atoms with Crippen molar-refractivity contribution >= 4 is 29.3 Å². The van der Waals surface area contributed by atoms with Crippen molar-refractivity contribution in [2.24, 2.45) is 0 Å². The van der Waals surface area contributed by atoms with Crippen molar-refractivity contribution in [2.45, 2.75) is 76.4 Å². The number of carbonyl (C=O) groups excluding carboxylic acids is 1. The molecule has 4 aromatic rings. The van der Waals surface area contributed by atoms with Crippen molar-refractivity contribution in [3.8, 4) is 34.1 Å². The minimum atomic E-state index is -4.86. The van der Waals surface area contributed by atoms with Crippen LogP contribution in [0.15, 0.2) is 48.5 Å². The monoisotopic (exact) mass is 767 g/mol. The number of amides is 1. The van der Waals surface area contributed by atoms with Crippen molar-refractivity contribution < 1.29 is 37.3 Å². The van der Waals surface area contributed by atoms with E-state index in [2.05, 4.69) is 31.2 Å². The van der Waals surface area contributed by atoms with Crippen LogP contribution in [0.25, 0.3) is 22.4 Å². The van der Waals surface area contributed by atoms with Gasteiger partial charge in [-0.05, 0) is 48.4 Å². The van der Waals surface area contributed by atoms with Crippen LogP contribution in [0, 0.1) is 0 Å². The summed E-state index contributed by atoms with van der Waals surface area (Å²) in [5, 5.41) is 21.8. The fraction of sp³-hybridized carbons (Fsp3) is 0.395. The Morgan fingerprint density at radius 1 is 0.981 bits per heavy atom. The van der Waals surface area contributed by atoms with E-state index in [0.717, 1.165) is 34.2 Å². The van der Waals surface area contributed by atoms with Crippen molar-refractivity contribution in [1.29, 1.82) is 0 Å². The number of nitrogens with one attached hydrogen (secondary N) is 4. The van der Waals surface area contributed by atoms with Crippen LogP contribution in [0.5, 0.6) is 11.8 Å². The normalized spacial score (nSPS) is 17.2. The van der Waals surface area contributed by atoms with Crippen LogP contribution in [0.3, 0.4) is 0 Å². The molecule has 3 atom stereocenters. The number of halogens is 4. The van der Waals surface area contributed by atoms with Crippen LogP contribution in [-0.2, 0) is 35.3 Å². The summed E-state index contributed by atoms with van der Waals surface area (Å²) in [5.74, 6) is -1.26. The Morgan fingerprint density at radius 2 is 1.72 bits per heavy atom. The number of aromatic nitrogens is 3. The molecular formula is C38H41ClF3N7O5. The molecule has 0 radical (unpaired) electrons. The Morgan fingerprint density at radius 3 is 2.41 bits per heavy atom. The smallest absolute Gasteiger partial charge is 0.437 e. The first-order valence-electron chi connectivity index (χ1n) is 17.6. The van der Waals surface area contributed by atoms with E-state index in [1.807, 2.05) is 48.5 Å². The van der Waals surface area contributed by atoms with Gasteiger partial charge in [0.25, 0.3) is 0 Å². The van der Waals surface area contributed by atoms with E-state index in [-0.39, 0.29) is 36.5 Å². The van der Waals surface area contributed by atoms with Gasteiger partial charge in [0.15, 0.2) is 11.5 Å². The number of fused-ring (bicyclic) bond motifs is 1. The van der Waals surface area contributed by atoms with Gasteiger partial charge >= 0.3 is 12.1 Å². The quantitative estimate of drug-likeness (QED) is 0.0922. The van der Waals surface area contributed by atoms with Gasteiger partial charge in [0.05, 0.1) is 31.0 Å². The number of ether oxygens (including phenoxy) is 2. The number of nitrogens with zero attached hydrogens (tertiary/aromatic N) is 3. The van der Waals surface area contributed by atoms with E-state index in [9.17, 15) is 27.9 Å². The highest BCUT2D eigenvalue weighted by atomic mass is 35.5. The molecular weight excluding hydrogens is 727 g/mol. The number of carbonyl (C=O) groups is 2. The Bertz CT molecular complexity index is 2030. The van der Waals surface area contributed by atoms with E-state index in [4.69, 9.17) is 26.1 Å². The number of pyridine rings is 1. The lowest BCUT2D eigenvalue weighted by molar-refractivity contribution is -0.141. The van der Waals surface area contributed by atoms with Gasteiger partial charge in [-0.3, -0.25) is 14.9 Å². The predicted octanol–water partition coefficient (Wildman–Crippen LogP) is 6.32. The molecule has 0 bridgehead atoms. The van der Waals surface area contributed by atoms with Crippen molar-refractivity contribution in [3.05, 3.63) is 81.6 Å². The van der Waals surface area contributed by atoms with Gasteiger partial charge < -0.3 is 30.5 Å². The second-order valence-electron chi connectivity index (χ2n) is 13.1. The fourth-order valence-electron chi connectivity index (χ4n) is 6.96. The fourth-order valence-corrected chi connectivity index (χ4v) is 7.28. The molecule has 5 N–H and O–H groups in total. The molecule has 54 heavy (non-hydrogen) atoms. The molecule has 16 heteroatoms. The van der Waals surface area contributed by atoms with E-state index in [0.29, 0.717) is 54.5 Å². The maximum absolute atomic E-state index is 14.4. The van der Waals surface area contributed by atoms with Gasteiger partial charge in [-0.25, -0.2) is 9.97 Å². The highest BCUT2D eigenvalue weighted by Crippen LogP contribution is 2.44. The molecule has 0 spiro atoms. The lowest BCUT2D eigenvalue weighted by Crippen LogP contribution is -2.36. The summed E-state index contributed by atoms with van der Waals surface area (Å²) < 4.78 is 54.1. The molecule has 6 rings (SSSR count). The average molecular weight is 768 g/mol. The van der Waals surface area contributed by atoms with Crippen LogP contribution >= 0.6 is 11.6 Å². The number of alkyl halides is 3. The lowest BCUT2D eigenvalue weighted by Gasteiger charge is -2.21. The Labute approximate surface area is 315 Å². The number of anilines is 1. The van der Waals surface area contributed by atoms with Crippen LogP contribution in [-0.4, -0.2) is 64.8 Å². The van der Waals surface area contributed by atoms with Crippen LogP contribution in [0.2, 0.25) is 5.02 Å². The maximum atomic E-state index is 14.4. The highest BCUT2D eigenvalue weighted by molar-refractivity contribution is 6.36. The van der Waals surface area contributed by atoms with Gasteiger partial charge in [-0.15, -0.1) is 0 Å². The van der Waals surface area contributed by atoms with Gasteiger partial charge in [0, 0.05) is 48.8 Å². The van der Waals surface area contributed by atoms with Crippen molar-refractivity contribution in [3.63, 3.8) is 0 Å². The Kier molecular flexibility index (Phi) is 11.9. The molecule has 1 aliphatic carbocycles. The first-order chi connectivity index (χ1) is 25.9. The van der Waals surface area contributed by atoms with Gasteiger partial charge in [0.1, 0.15) is 11.7 Å². The number of carboxylic acid groups (broad SMARTS) is 1. The summed E-state index contributed by atoms with van der Waals surface area (Å²) >= 11 is 7.10. The third kappa shape index (κ3) is 8.37. The third-order valence-electron chi connectivity index (χ3n) is 9.69. The largest absolute Gasteiger partial charge is 0.481 e. The summed E-state index contributed by atoms with van der Waals surface area (Å²) in [6.07, 6.45) is -2.27. The summed E-state index contributed by atoms with van der Waals surface area (Å²) in [7, 11) is 2.82. The van der Waals surface area contributed by atoms with E-state index < -0.39 is 35.7 Å². The number of aliphatic carboxylic acids is 1. The van der Waals surface area contributed by atoms with Crippen molar-refractivity contribution in [2.75, 3.05) is 26.1 Å². The molecule has 12 nitrogen and oxygen atoms in total. The minimum Gasteiger partial charge on any atom is -0.481 e. The summed E-state index contributed by atoms with van der Waals surface area (Å²) in [6.45, 7) is 2.49. The summed E-state index contributed by atoms with van der Waals surface area (Å²) in [4.78, 5) is 35.8. The zero-order valence-corrected chi connectivity index (χ0v) is 30.7. The maximum Gasteiger partial charge on any atom is 0.437 e. The molecule has 3 heterocycles.